The predicted molar refractivity (Wildman–Crippen MR) is 76.2 cm³/mol. The lowest BCUT2D eigenvalue weighted by molar-refractivity contribution is -0.0807. The normalized spacial score (nSPS) is 19.6. The van der Waals surface area contributed by atoms with Crippen molar-refractivity contribution in [3.05, 3.63) is 0 Å². The quantitative estimate of drug-likeness (QED) is 0.789. The summed E-state index contributed by atoms with van der Waals surface area (Å²) in [5, 5.41) is 0. The van der Waals surface area contributed by atoms with Crippen LogP contribution in [-0.4, -0.2) is 41.9 Å². The molecule has 0 aromatic heterocycles. The van der Waals surface area contributed by atoms with Crippen molar-refractivity contribution in [3.63, 3.8) is 0 Å². The van der Waals surface area contributed by atoms with Crippen molar-refractivity contribution in [2.45, 2.75) is 65.6 Å². The van der Waals surface area contributed by atoms with Gasteiger partial charge in [-0.05, 0) is 46.5 Å². The van der Waals surface area contributed by atoms with Crippen LogP contribution in [0.4, 0.5) is 4.79 Å². The summed E-state index contributed by atoms with van der Waals surface area (Å²) in [6.45, 7) is 14.3. The smallest absolute Gasteiger partial charge is 0.410 e. The average Bonchev–Trinajstić information content (AvgIpc) is 2.25. The minimum absolute atomic E-state index is 0.0945. The molecular weight excluding hydrogens is 242 g/mol. The van der Waals surface area contributed by atoms with Crippen molar-refractivity contribution in [1.82, 2.24) is 4.90 Å². The van der Waals surface area contributed by atoms with Crippen LogP contribution in [-0.2, 0) is 9.47 Å². The number of hydrogen-bond acceptors (Lipinski definition) is 3. The summed E-state index contributed by atoms with van der Waals surface area (Å²) in [7, 11) is 0. The molecule has 0 spiro atoms. The van der Waals surface area contributed by atoms with Crippen LogP contribution in [0.25, 0.3) is 0 Å². The van der Waals surface area contributed by atoms with E-state index in [2.05, 4.69) is 20.8 Å². The Hall–Kier alpha value is -0.770. The molecule has 0 unspecified atom stereocenters. The first-order chi connectivity index (χ1) is 8.61. The third-order valence-electron chi connectivity index (χ3n) is 3.24. The maximum absolute atomic E-state index is 12.0. The Bertz CT molecular complexity index is 299. The zero-order chi connectivity index (χ0) is 14.7. The summed E-state index contributed by atoms with van der Waals surface area (Å²) in [5.41, 5.74) is -0.519. The Balaban J connectivity index is 2.41. The molecule has 112 valence electrons. The molecule has 0 radical (unpaired) electrons. The van der Waals surface area contributed by atoms with Crippen LogP contribution in [0.2, 0.25) is 0 Å². The van der Waals surface area contributed by atoms with Gasteiger partial charge in [0.25, 0.3) is 0 Å². The fraction of sp³-hybridized carbons (Fsp3) is 0.933. The number of nitrogens with zero attached hydrogens (tertiary/aromatic N) is 1. The van der Waals surface area contributed by atoms with Gasteiger partial charge in [-0.2, -0.15) is 0 Å². The average molecular weight is 271 g/mol. The Morgan fingerprint density at radius 1 is 1.26 bits per heavy atom. The molecule has 4 nitrogen and oxygen atoms in total. The molecular formula is C15H29NO3. The van der Waals surface area contributed by atoms with Crippen LogP contribution in [0, 0.1) is 5.92 Å². The van der Waals surface area contributed by atoms with E-state index in [9.17, 15) is 4.79 Å². The lowest BCUT2D eigenvalue weighted by Crippen LogP contribution is -2.48. The maximum atomic E-state index is 12.0. The molecule has 1 saturated heterocycles. The van der Waals surface area contributed by atoms with E-state index in [0.717, 1.165) is 19.4 Å². The molecule has 0 aromatic rings. The summed E-state index contributed by atoms with van der Waals surface area (Å²) in [6.07, 6.45) is 1.54. The second-order valence-corrected chi connectivity index (χ2v) is 7.12. The van der Waals surface area contributed by atoms with E-state index in [1.54, 1.807) is 4.90 Å². The van der Waals surface area contributed by atoms with Gasteiger partial charge in [-0.1, -0.05) is 13.8 Å². The van der Waals surface area contributed by atoms with E-state index in [1.807, 2.05) is 20.8 Å². The van der Waals surface area contributed by atoms with Crippen LogP contribution >= 0.6 is 0 Å². The van der Waals surface area contributed by atoms with E-state index in [-0.39, 0.29) is 11.7 Å². The zero-order valence-corrected chi connectivity index (χ0v) is 13.3. The highest BCUT2D eigenvalue weighted by atomic mass is 16.6. The highest BCUT2D eigenvalue weighted by Gasteiger charge is 2.34. The van der Waals surface area contributed by atoms with Crippen LogP contribution < -0.4 is 0 Å². The van der Waals surface area contributed by atoms with E-state index in [0.29, 0.717) is 19.0 Å². The molecule has 1 heterocycles. The number of hydrogen-bond donors (Lipinski definition) is 0. The minimum Gasteiger partial charge on any atom is -0.444 e. The highest BCUT2D eigenvalue weighted by Crippen LogP contribution is 2.27. The Morgan fingerprint density at radius 2 is 1.79 bits per heavy atom. The first-order valence-electron chi connectivity index (χ1n) is 7.23. The molecule has 1 aliphatic heterocycles. The Morgan fingerprint density at radius 3 is 2.21 bits per heavy atom. The zero-order valence-electron chi connectivity index (χ0n) is 13.3. The molecule has 1 fully saturated rings. The highest BCUT2D eigenvalue weighted by molar-refractivity contribution is 5.68. The summed E-state index contributed by atoms with van der Waals surface area (Å²) in [4.78, 5) is 13.7. The number of piperidine rings is 1. The van der Waals surface area contributed by atoms with Gasteiger partial charge in [0, 0.05) is 19.7 Å². The molecule has 0 saturated carbocycles. The number of amides is 1. The second kappa shape index (κ2) is 6.12. The molecule has 0 aromatic carbocycles. The van der Waals surface area contributed by atoms with Crippen molar-refractivity contribution < 1.29 is 14.3 Å². The fourth-order valence-corrected chi connectivity index (χ4v) is 2.00. The summed E-state index contributed by atoms with van der Waals surface area (Å²) in [6, 6.07) is 0. The molecule has 0 aliphatic carbocycles. The lowest BCUT2D eigenvalue weighted by Gasteiger charge is -2.39. The summed E-state index contributed by atoms with van der Waals surface area (Å²) < 4.78 is 11.4. The summed E-state index contributed by atoms with van der Waals surface area (Å²) >= 11 is 0. The third kappa shape index (κ3) is 5.81. The van der Waals surface area contributed by atoms with Crippen molar-refractivity contribution >= 4 is 6.09 Å². The second-order valence-electron chi connectivity index (χ2n) is 7.12. The van der Waals surface area contributed by atoms with Gasteiger partial charge >= 0.3 is 6.09 Å². The number of carbonyl (C=O) groups is 1. The standard InChI is InChI=1S/C15H29NO3/c1-12(2)11-18-15(6)7-9-16(10-8-15)13(17)19-14(3,4)5/h12H,7-11H2,1-6H3. The Labute approximate surface area is 117 Å². The van der Waals surface area contributed by atoms with Gasteiger partial charge < -0.3 is 14.4 Å². The number of ether oxygens (including phenoxy) is 2. The van der Waals surface area contributed by atoms with E-state index in [4.69, 9.17) is 9.47 Å². The SMILES string of the molecule is CC(C)COC1(C)CCN(C(=O)OC(C)(C)C)CC1. The van der Waals surface area contributed by atoms with Crippen LogP contribution in [0.15, 0.2) is 0 Å². The molecule has 0 N–H and O–H groups in total. The van der Waals surface area contributed by atoms with Gasteiger partial charge in [0.05, 0.1) is 5.60 Å². The van der Waals surface area contributed by atoms with Crippen molar-refractivity contribution in [2.75, 3.05) is 19.7 Å². The van der Waals surface area contributed by atoms with Crippen molar-refractivity contribution in [3.8, 4) is 0 Å². The van der Waals surface area contributed by atoms with Crippen LogP contribution in [0.5, 0.6) is 0 Å². The number of likely N-dealkylation sites (tertiary alicyclic amines) is 1. The van der Waals surface area contributed by atoms with E-state index < -0.39 is 5.60 Å². The number of carbonyl (C=O) groups excluding carboxylic acids is 1. The predicted octanol–water partition coefficient (Wildman–Crippen LogP) is 3.45. The molecule has 19 heavy (non-hydrogen) atoms. The minimum atomic E-state index is -0.425. The molecule has 4 heteroatoms. The first kappa shape index (κ1) is 16.3. The number of rotatable bonds is 3. The van der Waals surface area contributed by atoms with Crippen molar-refractivity contribution in [1.29, 1.82) is 0 Å². The van der Waals surface area contributed by atoms with Gasteiger partial charge in [0.15, 0.2) is 0 Å². The monoisotopic (exact) mass is 271 g/mol. The molecule has 1 aliphatic rings. The summed E-state index contributed by atoms with van der Waals surface area (Å²) in [5.74, 6) is 0.542. The fourth-order valence-electron chi connectivity index (χ4n) is 2.00. The van der Waals surface area contributed by atoms with Crippen LogP contribution in [0.3, 0.4) is 0 Å². The van der Waals surface area contributed by atoms with Gasteiger partial charge in [0.2, 0.25) is 0 Å². The largest absolute Gasteiger partial charge is 0.444 e. The first-order valence-corrected chi connectivity index (χ1v) is 7.23. The third-order valence-corrected chi connectivity index (χ3v) is 3.24. The van der Waals surface area contributed by atoms with E-state index in [1.165, 1.54) is 0 Å². The lowest BCUT2D eigenvalue weighted by atomic mass is 9.93. The maximum Gasteiger partial charge on any atom is 0.410 e. The van der Waals surface area contributed by atoms with E-state index >= 15 is 0 Å². The molecule has 0 atom stereocenters. The molecule has 1 rings (SSSR count). The van der Waals surface area contributed by atoms with Gasteiger partial charge in [-0.15, -0.1) is 0 Å². The van der Waals surface area contributed by atoms with Gasteiger partial charge in [-0.25, -0.2) is 4.79 Å². The topological polar surface area (TPSA) is 38.8 Å². The molecule has 1 amide bonds. The Kier molecular flexibility index (Phi) is 5.25. The van der Waals surface area contributed by atoms with Gasteiger partial charge in [-0.3, -0.25) is 0 Å². The molecule has 0 bridgehead atoms. The van der Waals surface area contributed by atoms with Crippen molar-refractivity contribution in [2.24, 2.45) is 5.92 Å². The van der Waals surface area contributed by atoms with Crippen LogP contribution in [0.1, 0.15) is 54.4 Å². The van der Waals surface area contributed by atoms with Gasteiger partial charge in [0.1, 0.15) is 5.60 Å².